The maximum atomic E-state index is 12.8. The molecule has 7 heteroatoms. The number of H-pyrrole nitrogens is 1. The van der Waals surface area contributed by atoms with E-state index >= 15 is 0 Å². The van der Waals surface area contributed by atoms with Gasteiger partial charge in [0.1, 0.15) is 17.8 Å². The summed E-state index contributed by atoms with van der Waals surface area (Å²) in [7, 11) is -0.935. The van der Waals surface area contributed by atoms with Gasteiger partial charge in [-0.05, 0) is 75.5 Å². The summed E-state index contributed by atoms with van der Waals surface area (Å²) in [5.74, 6) is 1.82. The normalized spacial score (nSPS) is 19.3. The molecule has 32 heavy (non-hydrogen) atoms. The molecule has 0 radical (unpaired) electrons. The van der Waals surface area contributed by atoms with Crippen LogP contribution in [-0.2, 0) is 16.3 Å². The number of nitrogens with zero attached hydrogens (tertiary/aromatic N) is 3. The van der Waals surface area contributed by atoms with Crippen LogP contribution in [0, 0.1) is 19.8 Å². The maximum absolute atomic E-state index is 12.8. The molecule has 1 aliphatic carbocycles. The molecule has 0 unspecified atom stereocenters. The first-order chi connectivity index (χ1) is 15.3. The van der Waals surface area contributed by atoms with Crippen molar-refractivity contribution in [3.8, 4) is 0 Å². The highest BCUT2D eigenvalue weighted by atomic mass is 32.2. The Balaban J connectivity index is 1.27. The van der Waals surface area contributed by atoms with Gasteiger partial charge in [0, 0.05) is 19.3 Å². The van der Waals surface area contributed by atoms with E-state index in [4.69, 9.17) is 0 Å². The smallest absolute Gasteiger partial charge is 0.150 e. The molecule has 2 aromatic heterocycles. The van der Waals surface area contributed by atoms with Crippen LogP contribution in [0.1, 0.15) is 48.8 Å². The van der Waals surface area contributed by atoms with Gasteiger partial charge in [0.2, 0.25) is 0 Å². The number of anilines is 1. The SMILES string of the molecule is Cc1ccc(CCCS(=O)(=O)CC2CCC(N(C)c3ncnc4[nH]ccc34)CC2)c(C)c1. The third-order valence-corrected chi connectivity index (χ3v) is 8.81. The zero-order valence-corrected chi connectivity index (χ0v) is 20.2. The summed E-state index contributed by atoms with van der Waals surface area (Å²) in [5, 5.41) is 1.03. The summed E-state index contributed by atoms with van der Waals surface area (Å²) < 4.78 is 25.5. The maximum Gasteiger partial charge on any atom is 0.150 e. The number of hydrogen-bond donors (Lipinski definition) is 1. The summed E-state index contributed by atoms with van der Waals surface area (Å²) in [6.45, 7) is 4.19. The van der Waals surface area contributed by atoms with Crippen molar-refractivity contribution >= 4 is 26.7 Å². The van der Waals surface area contributed by atoms with Crippen LogP contribution >= 0.6 is 0 Å². The largest absolute Gasteiger partial charge is 0.356 e. The van der Waals surface area contributed by atoms with Crippen LogP contribution in [0.25, 0.3) is 11.0 Å². The lowest BCUT2D eigenvalue weighted by Gasteiger charge is -2.35. The Hall–Kier alpha value is -2.41. The van der Waals surface area contributed by atoms with Crippen molar-refractivity contribution in [1.29, 1.82) is 0 Å². The second-order valence-corrected chi connectivity index (χ2v) is 11.6. The van der Waals surface area contributed by atoms with Crippen LogP contribution in [0.3, 0.4) is 0 Å². The fraction of sp³-hybridized carbons (Fsp3) is 0.520. The van der Waals surface area contributed by atoms with E-state index in [1.807, 2.05) is 12.3 Å². The summed E-state index contributed by atoms with van der Waals surface area (Å²) in [6.07, 6.45) is 8.91. The monoisotopic (exact) mass is 454 g/mol. The lowest BCUT2D eigenvalue weighted by atomic mass is 9.86. The van der Waals surface area contributed by atoms with Gasteiger partial charge in [-0.25, -0.2) is 18.4 Å². The van der Waals surface area contributed by atoms with Crippen molar-refractivity contribution in [2.75, 3.05) is 23.5 Å². The van der Waals surface area contributed by atoms with Crippen molar-refractivity contribution in [3.63, 3.8) is 0 Å². The van der Waals surface area contributed by atoms with Crippen LogP contribution in [-0.4, -0.2) is 48.0 Å². The number of aromatic amines is 1. The van der Waals surface area contributed by atoms with Crippen LogP contribution in [0.2, 0.25) is 0 Å². The molecule has 6 nitrogen and oxygen atoms in total. The Bertz CT molecular complexity index is 1160. The molecule has 1 saturated carbocycles. The molecule has 1 fully saturated rings. The molecule has 0 atom stereocenters. The molecule has 0 spiro atoms. The fourth-order valence-electron chi connectivity index (χ4n) is 5.06. The minimum Gasteiger partial charge on any atom is -0.356 e. The average Bonchev–Trinajstić information content (AvgIpc) is 3.24. The Morgan fingerprint density at radius 1 is 1.09 bits per heavy atom. The highest BCUT2D eigenvalue weighted by molar-refractivity contribution is 7.91. The van der Waals surface area contributed by atoms with Gasteiger partial charge in [0.05, 0.1) is 16.9 Å². The van der Waals surface area contributed by atoms with E-state index in [1.165, 1.54) is 16.7 Å². The molecule has 3 aromatic rings. The third-order valence-electron chi connectivity index (χ3n) is 6.92. The van der Waals surface area contributed by atoms with Gasteiger partial charge < -0.3 is 9.88 Å². The summed E-state index contributed by atoms with van der Waals surface area (Å²) >= 11 is 0. The van der Waals surface area contributed by atoms with Gasteiger partial charge >= 0.3 is 0 Å². The highest BCUT2D eigenvalue weighted by Crippen LogP contribution is 2.32. The molecular formula is C25H34N4O2S. The van der Waals surface area contributed by atoms with Crippen LogP contribution < -0.4 is 4.90 Å². The molecular weight excluding hydrogens is 420 g/mol. The predicted octanol–water partition coefficient (Wildman–Crippen LogP) is 4.62. The molecule has 0 bridgehead atoms. The quantitative estimate of drug-likeness (QED) is 0.537. The molecule has 1 aromatic carbocycles. The van der Waals surface area contributed by atoms with Gasteiger partial charge in [-0.3, -0.25) is 0 Å². The molecule has 2 heterocycles. The van der Waals surface area contributed by atoms with Gasteiger partial charge in [-0.2, -0.15) is 0 Å². The number of sulfone groups is 1. The van der Waals surface area contributed by atoms with E-state index in [9.17, 15) is 8.42 Å². The number of nitrogens with one attached hydrogen (secondary N) is 1. The lowest BCUT2D eigenvalue weighted by Crippen LogP contribution is -2.37. The lowest BCUT2D eigenvalue weighted by molar-refractivity contribution is 0.340. The number of fused-ring (bicyclic) bond motifs is 1. The van der Waals surface area contributed by atoms with Crippen LogP contribution in [0.5, 0.6) is 0 Å². The number of aromatic nitrogens is 3. The number of benzene rings is 1. The van der Waals surface area contributed by atoms with E-state index in [0.29, 0.717) is 18.2 Å². The highest BCUT2D eigenvalue weighted by Gasteiger charge is 2.28. The van der Waals surface area contributed by atoms with Gasteiger partial charge in [-0.15, -0.1) is 0 Å². The first-order valence-electron chi connectivity index (χ1n) is 11.6. The van der Waals surface area contributed by atoms with E-state index in [0.717, 1.165) is 49.0 Å². The molecule has 0 aliphatic heterocycles. The summed E-state index contributed by atoms with van der Waals surface area (Å²) in [6, 6.07) is 8.80. The van der Waals surface area contributed by atoms with Gasteiger partial charge in [-0.1, -0.05) is 23.8 Å². The molecule has 1 aliphatic rings. The first-order valence-corrected chi connectivity index (χ1v) is 13.4. The Kier molecular flexibility index (Phi) is 6.84. The number of aryl methyl sites for hydroxylation is 3. The van der Waals surface area contributed by atoms with E-state index in [-0.39, 0.29) is 11.7 Å². The van der Waals surface area contributed by atoms with E-state index in [1.54, 1.807) is 6.33 Å². The van der Waals surface area contributed by atoms with Crippen molar-refractivity contribution < 1.29 is 8.42 Å². The molecule has 0 amide bonds. The molecule has 4 rings (SSSR count). The standard InChI is InChI=1S/C25H34N4O2S/c1-18-6-9-21(19(2)15-18)5-4-14-32(30,31)16-20-7-10-22(11-8-20)29(3)25-23-12-13-26-24(23)27-17-28-25/h6,9,12-13,15,17,20,22H,4-5,7-8,10-11,14,16H2,1-3H3,(H,26,27,28). The Morgan fingerprint density at radius 3 is 2.62 bits per heavy atom. The zero-order valence-electron chi connectivity index (χ0n) is 19.3. The van der Waals surface area contributed by atoms with Crippen molar-refractivity contribution in [3.05, 3.63) is 53.5 Å². The van der Waals surface area contributed by atoms with Crippen LogP contribution in [0.4, 0.5) is 5.82 Å². The topological polar surface area (TPSA) is 79.0 Å². The Morgan fingerprint density at radius 2 is 1.88 bits per heavy atom. The minimum absolute atomic E-state index is 0.267. The first kappa shape index (κ1) is 22.8. The van der Waals surface area contributed by atoms with Crippen LogP contribution in [0.15, 0.2) is 36.8 Å². The van der Waals surface area contributed by atoms with Crippen molar-refractivity contribution in [2.24, 2.45) is 5.92 Å². The second-order valence-electron chi connectivity index (χ2n) is 9.37. The van der Waals surface area contributed by atoms with Gasteiger partial charge in [0.25, 0.3) is 0 Å². The van der Waals surface area contributed by atoms with Gasteiger partial charge in [0.15, 0.2) is 9.84 Å². The summed E-state index contributed by atoms with van der Waals surface area (Å²) in [5.41, 5.74) is 4.61. The van der Waals surface area contributed by atoms with Crippen molar-refractivity contribution in [1.82, 2.24) is 15.0 Å². The molecule has 0 saturated heterocycles. The third kappa shape index (κ3) is 5.31. The summed E-state index contributed by atoms with van der Waals surface area (Å²) in [4.78, 5) is 14.2. The molecule has 172 valence electrons. The fourth-order valence-corrected chi connectivity index (χ4v) is 6.87. The van der Waals surface area contributed by atoms with E-state index in [2.05, 4.69) is 58.9 Å². The second kappa shape index (κ2) is 9.61. The average molecular weight is 455 g/mol. The van der Waals surface area contributed by atoms with Crippen molar-refractivity contribution in [2.45, 2.75) is 58.4 Å². The molecule has 1 N–H and O–H groups in total. The number of rotatable bonds is 8. The Labute approximate surface area is 191 Å². The minimum atomic E-state index is -3.02. The predicted molar refractivity (Wildman–Crippen MR) is 131 cm³/mol. The van der Waals surface area contributed by atoms with E-state index < -0.39 is 9.84 Å². The number of hydrogen-bond acceptors (Lipinski definition) is 5. The zero-order chi connectivity index (χ0) is 22.7.